The lowest BCUT2D eigenvalue weighted by molar-refractivity contribution is -0.132. The van der Waals surface area contributed by atoms with Crippen molar-refractivity contribution in [1.29, 1.82) is 0 Å². The molecule has 3 atom stereocenters. The molecule has 6 rings (SSSR count). The molecule has 0 aliphatic heterocycles. The third kappa shape index (κ3) is 9.35. The highest BCUT2D eigenvalue weighted by molar-refractivity contribution is 7.98. The molecule has 4 amide bonds. The zero-order valence-electron chi connectivity index (χ0n) is 26.8. The molecule has 2 aromatic carbocycles. The van der Waals surface area contributed by atoms with E-state index < -0.39 is 35.8 Å². The molecule has 1 unspecified atom stereocenters. The second kappa shape index (κ2) is 16.5. The summed E-state index contributed by atoms with van der Waals surface area (Å²) in [6, 6.07) is 17.3. The molecule has 4 aliphatic carbocycles. The van der Waals surface area contributed by atoms with Crippen LogP contribution >= 0.6 is 11.8 Å². The minimum atomic E-state index is -0.823. The van der Waals surface area contributed by atoms with Gasteiger partial charge in [0.2, 0.25) is 23.6 Å². The van der Waals surface area contributed by atoms with Crippen molar-refractivity contribution in [3.8, 4) is 0 Å². The van der Waals surface area contributed by atoms with Gasteiger partial charge in [-0.15, -0.1) is 0 Å². The highest BCUT2D eigenvalue weighted by Crippen LogP contribution is 2.53. The van der Waals surface area contributed by atoms with Crippen molar-refractivity contribution in [3.63, 3.8) is 0 Å². The van der Waals surface area contributed by atoms with Gasteiger partial charge in [-0.1, -0.05) is 60.7 Å². The number of carbonyl (C=O) groups excluding carboxylic acids is 4. The highest BCUT2D eigenvalue weighted by atomic mass is 32.2. The Labute approximate surface area is 277 Å². The maximum Gasteiger partial charge on any atom is 0.243 e. The Kier molecular flexibility index (Phi) is 12.2. The fourth-order valence-corrected chi connectivity index (χ4v) is 8.37. The topological polar surface area (TPSA) is 142 Å². The molecule has 10 heteroatoms. The smallest absolute Gasteiger partial charge is 0.243 e. The van der Waals surface area contributed by atoms with E-state index in [4.69, 9.17) is 5.73 Å². The Balaban J connectivity index is 1.15. The van der Waals surface area contributed by atoms with Crippen LogP contribution in [0.2, 0.25) is 0 Å². The number of hydrogen-bond acceptors (Lipinski definition) is 6. The largest absolute Gasteiger partial charge is 0.351 e. The van der Waals surface area contributed by atoms with E-state index in [1.807, 2.05) is 66.9 Å². The lowest BCUT2D eigenvalue weighted by Gasteiger charge is -2.54. The fraction of sp³-hybridized carbons (Fsp3) is 0.556. The van der Waals surface area contributed by atoms with Crippen LogP contribution in [0.5, 0.6) is 0 Å². The van der Waals surface area contributed by atoms with Gasteiger partial charge in [0.15, 0.2) is 0 Å². The van der Waals surface area contributed by atoms with Crippen LogP contribution in [0.1, 0.15) is 56.1 Å². The molecule has 6 N–H and O–H groups in total. The molecule has 0 heterocycles. The first-order valence-corrected chi connectivity index (χ1v) is 18.2. The maximum atomic E-state index is 13.7. The lowest BCUT2D eigenvalue weighted by atomic mass is 9.54. The number of nitrogens with one attached hydrogen (secondary N) is 4. The Morgan fingerprint density at radius 3 is 1.98 bits per heavy atom. The molecule has 4 fully saturated rings. The molecule has 9 nitrogen and oxygen atoms in total. The molecule has 4 bridgehead atoms. The number of aryl methyl sites for hydroxylation is 1. The first kappa shape index (κ1) is 34.0. The van der Waals surface area contributed by atoms with Crippen molar-refractivity contribution in [2.75, 3.05) is 18.6 Å². The van der Waals surface area contributed by atoms with Crippen molar-refractivity contribution in [3.05, 3.63) is 71.8 Å². The van der Waals surface area contributed by atoms with Gasteiger partial charge in [-0.3, -0.25) is 19.2 Å². The average Bonchev–Trinajstić information content (AvgIpc) is 3.06. The van der Waals surface area contributed by atoms with Gasteiger partial charge in [0.25, 0.3) is 0 Å². The van der Waals surface area contributed by atoms with E-state index in [-0.39, 0.29) is 18.5 Å². The number of rotatable bonds is 16. The monoisotopic (exact) mass is 647 g/mol. The molecule has 4 aliphatic rings. The van der Waals surface area contributed by atoms with Crippen LogP contribution in [0.15, 0.2) is 60.7 Å². The summed E-state index contributed by atoms with van der Waals surface area (Å²) in [4.78, 5) is 52.9. The molecule has 0 radical (unpaired) electrons. The van der Waals surface area contributed by atoms with Crippen molar-refractivity contribution < 1.29 is 19.2 Å². The second-order valence-electron chi connectivity index (χ2n) is 13.5. The number of benzene rings is 2. The van der Waals surface area contributed by atoms with Crippen molar-refractivity contribution in [1.82, 2.24) is 21.3 Å². The van der Waals surface area contributed by atoms with Crippen LogP contribution in [-0.2, 0) is 32.0 Å². The molecular formula is C36H49N5O4S. The Morgan fingerprint density at radius 2 is 1.37 bits per heavy atom. The Morgan fingerprint density at radius 1 is 0.761 bits per heavy atom. The van der Waals surface area contributed by atoms with Gasteiger partial charge in [-0.05, 0) is 98.2 Å². The van der Waals surface area contributed by atoms with Crippen molar-refractivity contribution in [2.24, 2.45) is 29.4 Å². The minimum Gasteiger partial charge on any atom is -0.351 e. The summed E-state index contributed by atoms with van der Waals surface area (Å²) in [6.07, 6.45) is 9.87. The summed E-state index contributed by atoms with van der Waals surface area (Å²) in [5.41, 5.74) is 8.20. The van der Waals surface area contributed by atoms with Gasteiger partial charge in [-0.25, -0.2) is 0 Å². The highest BCUT2D eigenvalue weighted by Gasteiger charge is 2.49. The maximum absolute atomic E-state index is 13.7. The predicted molar refractivity (Wildman–Crippen MR) is 182 cm³/mol. The quantitative estimate of drug-likeness (QED) is 0.190. The molecule has 4 saturated carbocycles. The lowest BCUT2D eigenvalue weighted by Crippen LogP contribution is -2.60. The SMILES string of the molecule is CSCC[C@@H](NC(=O)C(N)CCc1ccccc1)C(=O)NCC(=O)N[C@@H](Cc1ccccc1)C(=O)NC1C2CC3CC(C2)CC1C3. The van der Waals surface area contributed by atoms with Gasteiger partial charge in [-0.2, -0.15) is 11.8 Å². The van der Waals surface area contributed by atoms with Crippen LogP contribution in [0.25, 0.3) is 0 Å². The predicted octanol–water partition coefficient (Wildman–Crippen LogP) is 2.97. The van der Waals surface area contributed by atoms with Crippen LogP contribution in [0, 0.1) is 23.7 Å². The zero-order valence-corrected chi connectivity index (χ0v) is 27.6. The van der Waals surface area contributed by atoms with Crippen molar-refractivity contribution >= 4 is 35.4 Å². The van der Waals surface area contributed by atoms with E-state index in [9.17, 15) is 19.2 Å². The zero-order chi connectivity index (χ0) is 32.5. The van der Waals surface area contributed by atoms with Crippen LogP contribution in [0.3, 0.4) is 0 Å². The van der Waals surface area contributed by atoms with Crippen LogP contribution < -0.4 is 27.0 Å². The Hall–Kier alpha value is -3.37. The van der Waals surface area contributed by atoms with Gasteiger partial charge < -0.3 is 27.0 Å². The van der Waals surface area contributed by atoms with Gasteiger partial charge >= 0.3 is 0 Å². The number of nitrogens with two attached hydrogens (primary N) is 1. The first-order valence-electron chi connectivity index (χ1n) is 16.8. The fourth-order valence-electron chi connectivity index (χ4n) is 7.90. The Bertz CT molecular complexity index is 1300. The summed E-state index contributed by atoms with van der Waals surface area (Å²) >= 11 is 1.56. The van der Waals surface area contributed by atoms with E-state index in [0.717, 1.165) is 23.0 Å². The second-order valence-corrected chi connectivity index (χ2v) is 14.5. The van der Waals surface area contributed by atoms with E-state index in [2.05, 4.69) is 21.3 Å². The molecule has 248 valence electrons. The van der Waals surface area contributed by atoms with Crippen LogP contribution in [0.4, 0.5) is 0 Å². The van der Waals surface area contributed by atoms with E-state index in [1.165, 1.54) is 32.1 Å². The van der Waals surface area contributed by atoms with Gasteiger partial charge in [0.1, 0.15) is 12.1 Å². The first-order chi connectivity index (χ1) is 22.3. The third-order valence-electron chi connectivity index (χ3n) is 10.1. The molecule has 2 aromatic rings. The molecule has 0 spiro atoms. The standard InChI is InChI=1S/C36H49N5O4S/c1-46-15-14-30(40-34(43)29(37)13-12-23-8-4-2-5-9-23)35(44)38-22-32(42)39-31(21-24-10-6-3-7-11-24)36(45)41-33-27-17-25-16-26(19-27)20-28(33)18-25/h2-11,25-31,33H,12-22,37H2,1H3,(H,38,44)(H,39,42)(H,40,43)(H,41,45)/t25?,26?,27?,28?,29?,30-,31+,33?/m1/s1. The minimum absolute atomic E-state index is 0.162. The van der Waals surface area contributed by atoms with E-state index >= 15 is 0 Å². The number of thioether (sulfide) groups is 1. The number of hydrogen-bond donors (Lipinski definition) is 5. The number of carbonyl (C=O) groups is 4. The van der Waals surface area contributed by atoms with E-state index in [0.29, 0.717) is 43.3 Å². The number of amides is 4. The summed E-state index contributed by atoms with van der Waals surface area (Å²) in [7, 11) is 0. The van der Waals surface area contributed by atoms with Crippen molar-refractivity contribution in [2.45, 2.75) is 82.0 Å². The van der Waals surface area contributed by atoms with Gasteiger partial charge in [0.05, 0.1) is 12.6 Å². The summed E-state index contributed by atoms with van der Waals surface area (Å²) in [5, 5.41) is 11.7. The van der Waals surface area contributed by atoms with Crippen LogP contribution in [-0.4, -0.2) is 66.3 Å². The third-order valence-corrected chi connectivity index (χ3v) is 10.7. The summed E-state index contributed by atoms with van der Waals surface area (Å²) < 4.78 is 0. The molecule has 0 saturated heterocycles. The van der Waals surface area contributed by atoms with E-state index in [1.54, 1.807) is 11.8 Å². The normalized spacial score (nSPS) is 24.8. The summed E-state index contributed by atoms with van der Waals surface area (Å²) in [5.74, 6) is 1.81. The molecule has 46 heavy (non-hydrogen) atoms. The molecule has 0 aromatic heterocycles. The molecular weight excluding hydrogens is 598 g/mol. The summed E-state index contributed by atoms with van der Waals surface area (Å²) in [6.45, 7) is -0.304. The average molecular weight is 648 g/mol. The van der Waals surface area contributed by atoms with Gasteiger partial charge in [0, 0.05) is 12.5 Å².